The number of carbonyl (C=O) groups excluding carboxylic acids is 1. The zero-order chi connectivity index (χ0) is 13.1. The van der Waals surface area contributed by atoms with Crippen molar-refractivity contribution in [2.24, 2.45) is 0 Å². The predicted molar refractivity (Wildman–Crippen MR) is 71.8 cm³/mol. The van der Waals surface area contributed by atoms with Gasteiger partial charge in [0.05, 0.1) is 7.11 Å². The van der Waals surface area contributed by atoms with E-state index in [0.717, 1.165) is 23.1 Å². The number of H-pyrrole nitrogens is 1. The van der Waals surface area contributed by atoms with Crippen molar-refractivity contribution >= 4 is 16.8 Å². The minimum Gasteiger partial charge on any atom is -0.497 e. The number of ether oxygens (including phenoxy) is 1. The summed E-state index contributed by atoms with van der Waals surface area (Å²) in [5.74, 6) is 0.843. The molecule has 1 unspecified atom stereocenters. The third-order valence-electron chi connectivity index (χ3n) is 2.95. The lowest BCUT2D eigenvalue weighted by Crippen LogP contribution is -2.31. The van der Waals surface area contributed by atoms with Crippen molar-refractivity contribution in [3.8, 4) is 5.75 Å². The van der Waals surface area contributed by atoms with Gasteiger partial charge in [-0.25, -0.2) is 0 Å². The minimum absolute atomic E-state index is 0.0000724. The van der Waals surface area contributed by atoms with E-state index in [1.54, 1.807) is 7.11 Å². The van der Waals surface area contributed by atoms with Crippen LogP contribution >= 0.6 is 0 Å². The Morgan fingerprint density at radius 2 is 2.28 bits per heavy atom. The molecule has 2 N–H and O–H groups in total. The maximum Gasteiger partial charge on any atom is 0.217 e. The van der Waals surface area contributed by atoms with Crippen molar-refractivity contribution in [2.45, 2.75) is 26.3 Å². The van der Waals surface area contributed by atoms with Gasteiger partial charge >= 0.3 is 0 Å². The van der Waals surface area contributed by atoms with Crippen LogP contribution in [-0.4, -0.2) is 24.0 Å². The molecule has 2 aromatic rings. The largest absolute Gasteiger partial charge is 0.497 e. The highest BCUT2D eigenvalue weighted by Gasteiger charge is 2.10. The molecule has 0 aliphatic carbocycles. The standard InChI is InChI=1S/C14H18N2O2/c1-9(16-10(2)17)6-11-8-15-14-5-4-12(18-3)7-13(11)14/h4-5,7-9,15H,6H2,1-3H3,(H,16,17). The van der Waals surface area contributed by atoms with Crippen LogP contribution in [0.4, 0.5) is 0 Å². The highest BCUT2D eigenvalue weighted by molar-refractivity contribution is 5.84. The third kappa shape index (κ3) is 2.64. The molecule has 4 heteroatoms. The van der Waals surface area contributed by atoms with Gasteiger partial charge < -0.3 is 15.0 Å². The molecule has 2 rings (SSSR count). The Morgan fingerprint density at radius 1 is 1.50 bits per heavy atom. The van der Waals surface area contributed by atoms with Gasteiger partial charge in [-0.1, -0.05) is 0 Å². The van der Waals surface area contributed by atoms with Crippen LogP contribution in [0.2, 0.25) is 0 Å². The molecular formula is C14H18N2O2. The van der Waals surface area contributed by atoms with Crippen LogP contribution in [0.1, 0.15) is 19.4 Å². The Bertz CT molecular complexity index is 560. The van der Waals surface area contributed by atoms with E-state index in [0.29, 0.717) is 0 Å². The summed E-state index contributed by atoms with van der Waals surface area (Å²) < 4.78 is 5.23. The molecular weight excluding hydrogens is 228 g/mol. The van der Waals surface area contributed by atoms with Crippen LogP contribution in [-0.2, 0) is 11.2 Å². The maximum atomic E-state index is 11.0. The molecule has 1 atom stereocenters. The average molecular weight is 246 g/mol. The van der Waals surface area contributed by atoms with E-state index in [1.807, 2.05) is 31.3 Å². The Morgan fingerprint density at radius 3 is 2.94 bits per heavy atom. The third-order valence-corrected chi connectivity index (χ3v) is 2.95. The quantitative estimate of drug-likeness (QED) is 0.869. The monoisotopic (exact) mass is 246 g/mol. The maximum absolute atomic E-state index is 11.0. The van der Waals surface area contributed by atoms with Gasteiger partial charge in [-0.2, -0.15) is 0 Å². The zero-order valence-corrected chi connectivity index (χ0v) is 10.9. The number of amides is 1. The summed E-state index contributed by atoms with van der Waals surface area (Å²) in [6.07, 6.45) is 2.79. The Labute approximate surface area is 106 Å². The average Bonchev–Trinajstić information content (AvgIpc) is 2.70. The summed E-state index contributed by atoms with van der Waals surface area (Å²) in [7, 11) is 1.66. The zero-order valence-electron chi connectivity index (χ0n) is 10.9. The van der Waals surface area contributed by atoms with Gasteiger partial charge in [0, 0.05) is 30.1 Å². The van der Waals surface area contributed by atoms with Crippen LogP contribution < -0.4 is 10.1 Å². The molecule has 18 heavy (non-hydrogen) atoms. The van der Waals surface area contributed by atoms with E-state index < -0.39 is 0 Å². The molecule has 0 saturated carbocycles. The second-order valence-electron chi connectivity index (χ2n) is 4.53. The summed E-state index contributed by atoms with van der Waals surface area (Å²) in [4.78, 5) is 14.2. The normalized spacial score (nSPS) is 12.4. The summed E-state index contributed by atoms with van der Waals surface area (Å²) in [5, 5.41) is 4.04. The molecule has 0 fully saturated rings. The SMILES string of the molecule is COc1ccc2[nH]cc(CC(C)NC(C)=O)c2c1. The Kier molecular flexibility index (Phi) is 3.55. The number of hydrogen-bond donors (Lipinski definition) is 2. The van der Waals surface area contributed by atoms with Crippen molar-refractivity contribution in [1.29, 1.82) is 0 Å². The first-order valence-electron chi connectivity index (χ1n) is 6.01. The summed E-state index contributed by atoms with van der Waals surface area (Å²) in [5.41, 5.74) is 2.27. The molecule has 0 aliphatic heterocycles. The number of benzene rings is 1. The second kappa shape index (κ2) is 5.12. The molecule has 1 heterocycles. The Balaban J connectivity index is 2.25. The number of methoxy groups -OCH3 is 1. The lowest BCUT2D eigenvalue weighted by molar-refractivity contribution is -0.119. The van der Waals surface area contributed by atoms with Crippen LogP contribution in [0.25, 0.3) is 10.9 Å². The van der Waals surface area contributed by atoms with Gasteiger partial charge in [-0.05, 0) is 37.1 Å². The van der Waals surface area contributed by atoms with E-state index in [-0.39, 0.29) is 11.9 Å². The van der Waals surface area contributed by atoms with E-state index in [4.69, 9.17) is 4.74 Å². The van der Waals surface area contributed by atoms with Crippen LogP contribution in [0.5, 0.6) is 5.75 Å². The lowest BCUT2D eigenvalue weighted by atomic mass is 10.1. The highest BCUT2D eigenvalue weighted by Crippen LogP contribution is 2.24. The summed E-state index contributed by atoms with van der Waals surface area (Å²) in [6.45, 7) is 3.54. The number of carbonyl (C=O) groups is 1. The second-order valence-corrected chi connectivity index (χ2v) is 4.53. The molecule has 0 saturated heterocycles. The van der Waals surface area contributed by atoms with E-state index in [1.165, 1.54) is 12.5 Å². The van der Waals surface area contributed by atoms with Crippen molar-refractivity contribution in [2.75, 3.05) is 7.11 Å². The number of aromatic amines is 1. The fraction of sp³-hybridized carbons (Fsp3) is 0.357. The first-order valence-corrected chi connectivity index (χ1v) is 6.01. The van der Waals surface area contributed by atoms with Crippen LogP contribution in [0.15, 0.2) is 24.4 Å². The molecule has 4 nitrogen and oxygen atoms in total. The molecule has 0 bridgehead atoms. The molecule has 1 aromatic carbocycles. The first kappa shape index (κ1) is 12.5. The molecule has 0 spiro atoms. The summed E-state index contributed by atoms with van der Waals surface area (Å²) in [6, 6.07) is 6.06. The van der Waals surface area contributed by atoms with Gasteiger partial charge in [0.25, 0.3) is 0 Å². The Hall–Kier alpha value is -1.97. The number of nitrogens with one attached hydrogen (secondary N) is 2. The fourth-order valence-electron chi connectivity index (χ4n) is 2.18. The predicted octanol–water partition coefficient (Wildman–Crippen LogP) is 2.24. The molecule has 0 radical (unpaired) electrons. The van der Waals surface area contributed by atoms with Gasteiger partial charge in [0.15, 0.2) is 0 Å². The first-order chi connectivity index (χ1) is 8.60. The van der Waals surface area contributed by atoms with Crippen molar-refractivity contribution < 1.29 is 9.53 Å². The van der Waals surface area contributed by atoms with E-state index >= 15 is 0 Å². The minimum atomic E-state index is -0.0000724. The van der Waals surface area contributed by atoms with Gasteiger partial charge in [0.1, 0.15) is 5.75 Å². The molecule has 1 amide bonds. The van der Waals surface area contributed by atoms with Crippen LogP contribution in [0.3, 0.4) is 0 Å². The fourth-order valence-corrected chi connectivity index (χ4v) is 2.18. The van der Waals surface area contributed by atoms with E-state index in [2.05, 4.69) is 10.3 Å². The van der Waals surface area contributed by atoms with Crippen molar-refractivity contribution in [3.63, 3.8) is 0 Å². The molecule has 96 valence electrons. The van der Waals surface area contributed by atoms with Crippen LogP contribution in [0, 0.1) is 0 Å². The summed E-state index contributed by atoms with van der Waals surface area (Å²) >= 11 is 0. The van der Waals surface area contributed by atoms with Crippen molar-refractivity contribution in [3.05, 3.63) is 30.0 Å². The van der Waals surface area contributed by atoms with Gasteiger partial charge in [-0.15, -0.1) is 0 Å². The molecule has 0 aliphatic rings. The number of aromatic nitrogens is 1. The van der Waals surface area contributed by atoms with Gasteiger partial charge in [0.2, 0.25) is 5.91 Å². The smallest absolute Gasteiger partial charge is 0.217 e. The lowest BCUT2D eigenvalue weighted by Gasteiger charge is -2.11. The highest BCUT2D eigenvalue weighted by atomic mass is 16.5. The molecule has 1 aromatic heterocycles. The topological polar surface area (TPSA) is 54.1 Å². The number of fused-ring (bicyclic) bond motifs is 1. The van der Waals surface area contributed by atoms with Gasteiger partial charge in [-0.3, -0.25) is 4.79 Å². The number of rotatable bonds is 4. The van der Waals surface area contributed by atoms with E-state index in [9.17, 15) is 4.79 Å². The van der Waals surface area contributed by atoms with Crippen molar-refractivity contribution in [1.82, 2.24) is 10.3 Å². The number of hydrogen-bond acceptors (Lipinski definition) is 2.